The Bertz CT molecular complexity index is 632. The molecular formula is C19H23BrN2O2. The third-order valence-electron chi connectivity index (χ3n) is 3.66. The van der Waals surface area contributed by atoms with Crippen molar-refractivity contribution >= 4 is 27.5 Å². The summed E-state index contributed by atoms with van der Waals surface area (Å²) in [6.07, 6.45) is 0.361. The number of carbonyl (C=O) groups excluding carboxylic acids is 1. The molecule has 1 atom stereocenters. The largest absolute Gasteiger partial charge is 0.481 e. The Morgan fingerprint density at radius 1 is 1.17 bits per heavy atom. The smallest absolute Gasteiger partial charge is 0.260 e. The molecule has 2 aromatic rings. The van der Waals surface area contributed by atoms with Gasteiger partial charge in [-0.25, -0.2) is 0 Å². The normalized spacial score (nSPS) is 11.6. The molecule has 0 saturated carbocycles. The number of rotatable bonds is 8. The topological polar surface area (TPSA) is 41.6 Å². The lowest BCUT2D eigenvalue weighted by atomic mass is 10.3. The summed E-state index contributed by atoms with van der Waals surface area (Å²) in [5.41, 5.74) is 1.18. The maximum absolute atomic E-state index is 12.1. The first-order chi connectivity index (χ1) is 11.6. The second-order valence-corrected chi connectivity index (χ2v) is 6.53. The molecular weight excluding hydrogens is 368 g/mol. The number of benzene rings is 2. The molecule has 2 rings (SSSR count). The zero-order chi connectivity index (χ0) is 17.4. The highest BCUT2D eigenvalue weighted by Crippen LogP contribution is 2.17. The molecule has 0 bridgehead atoms. The zero-order valence-corrected chi connectivity index (χ0v) is 15.6. The fraction of sp³-hybridized carbons (Fsp3) is 0.316. The monoisotopic (exact) mass is 390 g/mol. The summed E-state index contributed by atoms with van der Waals surface area (Å²) in [5, 5.41) is 2.92. The van der Waals surface area contributed by atoms with E-state index in [2.05, 4.69) is 45.3 Å². The third-order valence-corrected chi connectivity index (χ3v) is 4.19. The van der Waals surface area contributed by atoms with Gasteiger partial charge in [-0.1, -0.05) is 34.1 Å². The second-order valence-electron chi connectivity index (χ2n) is 5.62. The highest BCUT2D eigenvalue weighted by molar-refractivity contribution is 9.10. The number of hydrogen-bond acceptors (Lipinski definition) is 3. The van der Waals surface area contributed by atoms with E-state index in [-0.39, 0.29) is 5.91 Å². The van der Waals surface area contributed by atoms with Gasteiger partial charge in [0, 0.05) is 30.3 Å². The maximum atomic E-state index is 12.1. The number of nitrogens with one attached hydrogen (secondary N) is 1. The lowest BCUT2D eigenvalue weighted by molar-refractivity contribution is -0.127. The van der Waals surface area contributed by atoms with E-state index in [1.54, 1.807) is 6.92 Å². The summed E-state index contributed by atoms with van der Waals surface area (Å²) in [6, 6.07) is 17.7. The maximum Gasteiger partial charge on any atom is 0.260 e. The first-order valence-electron chi connectivity index (χ1n) is 8.02. The summed E-state index contributed by atoms with van der Waals surface area (Å²) >= 11 is 3.37. The lowest BCUT2D eigenvalue weighted by Gasteiger charge is -2.19. The lowest BCUT2D eigenvalue weighted by Crippen LogP contribution is -2.37. The van der Waals surface area contributed by atoms with Crippen molar-refractivity contribution < 1.29 is 9.53 Å². The minimum Gasteiger partial charge on any atom is -0.481 e. The molecule has 128 valence electrons. The van der Waals surface area contributed by atoms with Gasteiger partial charge in [-0.3, -0.25) is 4.79 Å². The van der Waals surface area contributed by atoms with Crippen LogP contribution in [0, 0.1) is 0 Å². The van der Waals surface area contributed by atoms with Crippen molar-refractivity contribution in [1.82, 2.24) is 5.32 Å². The van der Waals surface area contributed by atoms with Crippen LogP contribution in [0.5, 0.6) is 5.75 Å². The van der Waals surface area contributed by atoms with Crippen molar-refractivity contribution in [2.75, 3.05) is 25.0 Å². The quantitative estimate of drug-likeness (QED) is 0.695. The molecule has 0 fully saturated rings. The molecule has 0 heterocycles. The van der Waals surface area contributed by atoms with Crippen molar-refractivity contribution in [3.8, 4) is 5.75 Å². The number of halogens is 1. The Morgan fingerprint density at radius 2 is 1.83 bits per heavy atom. The van der Waals surface area contributed by atoms with Gasteiger partial charge in [-0.2, -0.15) is 0 Å². The van der Waals surface area contributed by atoms with Crippen LogP contribution >= 0.6 is 15.9 Å². The van der Waals surface area contributed by atoms with Crippen LogP contribution in [-0.2, 0) is 4.79 Å². The zero-order valence-electron chi connectivity index (χ0n) is 14.0. The van der Waals surface area contributed by atoms with Crippen LogP contribution in [-0.4, -0.2) is 32.1 Å². The van der Waals surface area contributed by atoms with E-state index < -0.39 is 6.10 Å². The molecule has 5 heteroatoms. The summed E-state index contributed by atoms with van der Waals surface area (Å²) in [6.45, 7) is 3.27. The molecule has 4 nitrogen and oxygen atoms in total. The van der Waals surface area contributed by atoms with Gasteiger partial charge >= 0.3 is 0 Å². The van der Waals surface area contributed by atoms with Crippen LogP contribution in [0.3, 0.4) is 0 Å². The molecule has 0 aliphatic heterocycles. The van der Waals surface area contributed by atoms with E-state index in [9.17, 15) is 4.79 Å². The average molecular weight is 391 g/mol. The molecule has 0 aliphatic rings. The molecule has 24 heavy (non-hydrogen) atoms. The Morgan fingerprint density at radius 3 is 2.50 bits per heavy atom. The fourth-order valence-corrected chi connectivity index (χ4v) is 2.52. The summed E-state index contributed by atoms with van der Waals surface area (Å²) < 4.78 is 6.62. The van der Waals surface area contributed by atoms with E-state index in [0.29, 0.717) is 12.3 Å². The third kappa shape index (κ3) is 5.89. The van der Waals surface area contributed by atoms with Gasteiger partial charge in [-0.15, -0.1) is 0 Å². The van der Waals surface area contributed by atoms with Gasteiger partial charge in [0.05, 0.1) is 0 Å². The number of carbonyl (C=O) groups is 1. The number of nitrogens with zero attached hydrogens (tertiary/aromatic N) is 1. The van der Waals surface area contributed by atoms with Crippen LogP contribution in [0.2, 0.25) is 0 Å². The van der Waals surface area contributed by atoms with Crippen LogP contribution in [0.1, 0.15) is 13.3 Å². The standard InChI is InChI=1S/C19H23BrN2O2/c1-15(24-18-11-9-16(20)10-12-18)19(23)21-13-6-14-22(2)17-7-4-3-5-8-17/h3-5,7-12,15H,6,13-14H2,1-2H3,(H,21,23)/t15-/m0/s1. The number of hydrogen-bond donors (Lipinski definition) is 1. The Labute approximate surface area is 151 Å². The Hall–Kier alpha value is -2.01. The molecule has 0 unspecified atom stereocenters. The van der Waals surface area contributed by atoms with Crippen molar-refractivity contribution in [3.05, 3.63) is 59.1 Å². The predicted molar refractivity (Wildman–Crippen MR) is 102 cm³/mol. The molecule has 2 aromatic carbocycles. The first-order valence-corrected chi connectivity index (χ1v) is 8.81. The molecule has 0 aliphatic carbocycles. The van der Waals surface area contributed by atoms with Gasteiger partial charge in [0.25, 0.3) is 5.91 Å². The molecule has 0 aromatic heterocycles. The fourth-order valence-electron chi connectivity index (χ4n) is 2.25. The second kappa shape index (κ2) is 9.33. The van der Waals surface area contributed by atoms with E-state index >= 15 is 0 Å². The summed E-state index contributed by atoms with van der Waals surface area (Å²) in [5.74, 6) is 0.588. The van der Waals surface area contributed by atoms with E-state index in [4.69, 9.17) is 4.74 Å². The van der Waals surface area contributed by atoms with Crippen molar-refractivity contribution in [1.29, 1.82) is 0 Å². The molecule has 0 saturated heterocycles. The first kappa shape index (κ1) is 18.3. The van der Waals surface area contributed by atoms with Gasteiger partial charge in [0.1, 0.15) is 5.75 Å². The Kier molecular flexibility index (Phi) is 7.12. The SMILES string of the molecule is C[C@H](Oc1ccc(Br)cc1)C(=O)NCCCN(C)c1ccccc1. The minimum atomic E-state index is -0.516. The van der Waals surface area contributed by atoms with Gasteiger partial charge in [0.2, 0.25) is 0 Å². The number of para-hydroxylation sites is 1. The summed E-state index contributed by atoms with van der Waals surface area (Å²) in [4.78, 5) is 14.2. The minimum absolute atomic E-state index is 0.0970. The van der Waals surface area contributed by atoms with Gasteiger partial charge < -0.3 is 15.0 Å². The highest BCUT2D eigenvalue weighted by Gasteiger charge is 2.14. The molecule has 0 spiro atoms. The van der Waals surface area contributed by atoms with Gasteiger partial charge in [0.15, 0.2) is 6.10 Å². The van der Waals surface area contributed by atoms with Crippen molar-refractivity contribution in [2.24, 2.45) is 0 Å². The van der Waals surface area contributed by atoms with Crippen molar-refractivity contribution in [3.63, 3.8) is 0 Å². The number of ether oxygens (including phenoxy) is 1. The van der Waals surface area contributed by atoms with E-state index in [0.717, 1.165) is 17.4 Å². The predicted octanol–water partition coefficient (Wildman–Crippen LogP) is 3.86. The van der Waals surface area contributed by atoms with Crippen LogP contribution < -0.4 is 15.0 Å². The van der Waals surface area contributed by atoms with Crippen LogP contribution in [0.15, 0.2) is 59.1 Å². The summed E-state index contributed by atoms with van der Waals surface area (Å²) in [7, 11) is 2.05. The molecule has 1 N–H and O–H groups in total. The molecule has 0 radical (unpaired) electrons. The van der Waals surface area contributed by atoms with Crippen LogP contribution in [0.4, 0.5) is 5.69 Å². The van der Waals surface area contributed by atoms with E-state index in [1.165, 1.54) is 5.69 Å². The average Bonchev–Trinajstić information content (AvgIpc) is 2.61. The van der Waals surface area contributed by atoms with E-state index in [1.807, 2.05) is 42.5 Å². The van der Waals surface area contributed by atoms with Crippen molar-refractivity contribution in [2.45, 2.75) is 19.4 Å². The Balaban J connectivity index is 1.68. The van der Waals surface area contributed by atoms with Gasteiger partial charge in [-0.05, 0) is 49.7 Å². The number of amides is 1. The highest BCUT2D eigenvalue weighted by atomic mass is 79.9. The number of anilines is 1. The molecule has 1 amide bonds. The van der Waals surface area contributed by atoms with Crippen LogP contribution in [0.25, 0.3) is 0 Å².